The van der Waals surface area contributed by atoms with Gasteiger partial charge in [0.2, 0.25) is 5.91 Å². The Kier molecular flexibility index (Phi) is 17.3. The number of hydrogen-bond acceptors (Lipinski definition) is 9. The molecule has 1 aliphatic heterocycles. The van der Waals surface area contributed by atoms with Crippen molar-refractivity contribution in [3.05, 3.63) is 23.8 Å². The van der Waals surface area contributed by atoms with Gasteiger partial charge in [-0.3, -0.25) is 9.69 Å². The van der Waals surface area contributed by atoms with Crippen molar-refractivity contribution in [1.29, 1.82) is 0 Å². The van der Waals surface area contributed by atoms with Crippen LogP contribution in [-0.4, -0.2) is 106 Å². The maximum Gasteiger partial charge on any atom is 0.407 e. The summed E-state index contributed by atoms with van der Waals surface area (Å²) < 4.78 is 28.0. The van der Waals surface area contributed by atoms with Crippen molar-refractivity contribution < 1.29 is 38.4 Å². The van der Waals surface area contributed by atoms with E-state index in [-0.39, 0.29) is 36.4 Å². The van der Waals surface area contributed by atoms with E-state index in [1.54, 1.807) is 35.0 Å². The van der Waals surface area contributed by atoms with Crippen molar-refractivity contribution in [2.24, 2.45) is 17.8 Å². The van der Waals surface area contributed by atoms with Gasteiger partial charge in [-0.25, -0.2) is 4.79 Å². The summed E-state index contributed by atoms with van der Waals surface area (Å²) in [6.45, 7) is 19.7. The molecule has 1 aromatic rings. The zero-order valence-electron chi connectivity index (χ0n) is 30.6. The van der Waals surface area contributed by atoms with Crippen LogP contribution in [0.1, 0.15) is 80.2 Å². The Balaban J connectivity index is 2.11. The normalized spacial score (nSPS) is 19.8. The van der Waals surface area contributed by atoms with Gasteiger partial charge in [-0.05, 0) is 83.4 Å². The fourth-order valence-electron chi connectivity index (χ4n) is 5.95. The second-order valence-electron chi connectivity index (χ2n) is 14.4. The molecule has 1 fully saturated rings. The van der Waals surface area contributed by atoms with Gasteiger partial charge in [0.1, 0.15) is 5.60 Å². The smallest absolute Gasteiger partial charge is 0.407 e. The van der Waals surface area contributed by atoms with Crippen molar-refractivity contribution in [3.63, 3.8) is 0 Å². The summed E-state index contributed by atoms with van der Waals surface area (Å²) >= 11 is 0. The van der Waals surface area contributed by atoms with Crippen molar-refractivity contribution in [2.45, 2.75) is 111 Å². The Hall–Kier alpha value is -2.60. The number of ether oxygens (including phenoxy) is 5. The van der Waals surface area contributed by atoms with Crippen molar-refractivity contribution >= 4 is 12.0 Å². The molecule has 1 aliphatic rings. The van der Waals surface area contributed by atoms with Crippen LogP contribution in [0.3, 0.4) is 0 Å². The molecule has 0 bridgehead atoms. The van der Waals surface area contributed by atoms with Gasteiger partial charge in [-0.15, -0.1) is 0 Å². The molecule has 0 spiro atoms. The number of nitrogens with one attached hydrogen (secondary N) is 2. The molecular formula is C36H63N3O8. The minimum Gasteiger partial charge on any atom is -0.493 e. The first-order valence-corrected chi connectivity index (χ1v) is 17.2. The predicted molar refractivity (Wildman–Crippen MR) is 184 cm³/mol. The number of rotatable bonds is 19. The third kappa shape index (κ3) is 15.4. The van der Waals surface area contributed by atoms with Gasteiger partial charge in [-0.1, -0.05) is 26.8 Å². The van der Waals surface area contributed by atoms with E-state index in [9.17, 15) is 14.7 Å². The lowest BCUT2D eigenvalue weighted by Crippen LogP contribution is -2.49. The lowest BCUT2D eigenvalue weighted by molar-refractivity contribution is -0.125. The maximum absolute atomic E-state index is 13.0. The van der Waals surface area contributed by atoms with Gasteiger partial charge in [0.05, 0.1) is 38.1 Å². The molecule has 6 atom stereocenters. The van der Waals surface area contributed by atoms with Crippen LogP contribution in [0.15, 0.2) is 18.2 Å². The van der Waals surface area contributed by atoms with E-state index in [1.807, 2.05) is 25.1 Å². The molecule has 0 saturated carbocycles. The van der Waals surface area contributed by atoms with E-state index < -0.39 is 29.8 Å². The molecule has 1 saturated heterocycles. The first-order chi connectivity index (χ1) is 22.1. The van der Waals surface area contributed by atoms with Crippen LogP contribution in [0, 0.1) is 17.8 Å². The number of benzene rings is 1. The van der Waals surface area contributed by atoms with E-state index in [4.69, 9.17) is 23.7 Å². The van der Waals surface area contributed by atoms with E-state index in [0.29, 0.717) is 44.1 Å². The van der Waals surface area contributed by atoms with E-state index in [2.05, 4.69) is 43.2 Å². The lowest BCUT2D eigenvalue weighted by Gasteiger charge is -2.35. The number of nitrogens with zero attached hydrogens (tertiary/aromatic N) is 1. The molecule has 1 aromatic carbocycles. The van der Waals surface area contributed by atoms with Gasteiger partial charge >= 0.3 is 6.09 Å². The highest BCUT2D eigenvalue weighted by atomic mass is 16.6. The van der Waals surface area contributed by atoms with Gasteiger partial charge in [-0.2, -0.15) is 0 Å². The van der Waals surface area contributed by atoms with Gasteiger partial charge < -0.3 is 39.4 Å². The molecule has 2 rings (SSSR count). The molecule has 0 aliphatic carbocycles. The zero-order chi connectivity index (χ0) is 35.1. The summed E-state index contributed by atoms with van der Waals surface area (Å²) in [7, 11) is 3.29. The molecule has 11 nitrogen and oxygen atoms in total. The number of aliphatic hydroxyl groups is 1. The third-order valence-electron chi connectivity index (χ3n) is 8.41. The Bertz CT molecular complexity index is 1070. The summed E-state index contributed by atoms with van der Waals surface area (Å²) in [5.41, 5.74) is 0.372. The lowest BCUT2D eigenvalue weighted by atomic mass is 9.82. The minimum atomic E-state index is -0.957. The van der Waals surface area contributed by atoms with Crippen LogP contribution in [0.25, 0.3) is 0 Å². The van der Waals surface area contributed by atoms with Crippen LogP contribution in [0.2, 0.25) is 0 Å². The monoisotopic (exact) mass is 665 g/mol. The number of alkyl carbamates (subject to hydrolysis) is 1. The number of morpholine rings is 1. The van der Waals surface area contributed by atoms with Crippen LogP contribution >= 0.6 is 0 Å². The van der Waals surface area contributed by atoms with Crippen molar-refractivity contribution in [1.82, 2.24) is 15.5 Å². The molecule has 3 N–H and O–H groups in total. The van der Waals surface area contributed by atoms with Gasteiger partial charge in [0.25, 0.3) is 0 Å². The van der Waals surface area contributed by atoms with E-state index in [1.165, 1.54) is 0 Å². The maximum atomic E-state index is 13.0. The predicted octanol–water partition coefficient (Wildman–Crippen LogP) is 4.82. The molecule has 11 heteroatoms. The number of carbonyl (C=O) groups excluding carboxylic acids is 2. The first kappa shape index (κ1) is 40.6. The fourth-order valence-corrected chi connectivity index (χ4v) is 5.95. The van der Waals surface area contributed by atoms with Crippen LogP contribution < -0.4 is 20.1 Å². The number of carbonyl (C=O) groups is 2. The Labute approximate surface area is 283 Å². The largest absolute Gasteiger partial charge is 0.493 e. The Morgan fingerprint density at radius 1 is 1.04 bits per heavy atom. The molecule has 2 amide bonds. The summed E-state index contributed by atoms with van der Waals surface area (Å²) in [5.74, 6) is 1.10. The highest BCUT2D eigenvalue weighted by Gasteiger charge is 2.31. The molecule has 47 heavy (non-hydrogen) atoms. The molecule has 1 heterocycles. The van der Waals surface area contributed by atoms with Crippen molar-refractivity contribution in [3.8, 4) is 11.5 Å². The summed E-state index contributed by atoms with van der Waals surface area (Å²) in [6.07, 6.45) is 0.937. The second-order valence-corrected chi connectivity index (χ2v) is 14.4. The fraction of sp³-hybridized carbons (Fsp3) is 0.778. The standard InChI is InChI=1S/C36H63N3O8/c1-24(2)29(19-28-12-13-32(44-10)33(20-28)45-17-11-16-43-9)21-30(38-35(42)47-36(6,7)8)31(40)18-25(3)34(41)37-14-15-39-22-26(4)46-27(5)23-39/h12-13,20,24-27,29-31,40H,11,14-19,21-23H2,1-10H3,(H,37,41)(H,38,42)/t25?,26-,27-,29?,30?,31?/m0/s1. The number of amides is 2. The molecule has 4 unspecified atom stereocenters. The number of aliphatic hydroxyl groups excluding tert-OH is 1. The third-order valence-corrected chi connectivity index (χ3v) is 8.41. The molecular weight excluding hydrogens is 602 g/mol. The van der Waals surface area contributed by atoms with Gasteiger partial charge in [0.15, 0.2) is 11.5 Å². The number of hydrogen-bond donors (Lipinski definition) is 3. The summed E-state index contributed by atoms with van der Waals surface area (Å²) in [6, 6.07) is 5.31. The minimum absolute atomic E-state index is 0.0989. The molecule has 0 aromatic heterocycles. The van der Waals surface area contributed by atoms with Crippen LogP contribution in [0.5, 0.6) is 11.5 Å². The summed E-state index contributed by atoms with van der Waals surface area (Å²) in [5, 5.41) is 17.5. The molecule has 0 radical (unpaired) electrons. The molecule has 270 valence electrons. The Morgan fingerprint density at radius 3 is 2.32 bits per heavy atom. The van der Waals surface area contributed by atoms with Crippen molar-refractivity contribution in [2.75, 3.05) is 53.6 Å². The summed E-state index contributed by atoms with van der Waals surface area (Å²) in [4.78, 5) is 28.3. The highest BCUT2D eigenvalue weighted by molar-refractivity contribution is 5.78. The number of methoxy groups -OCH3 is 2. The Morgan fingerprint density at radius 2 is 1.72 bits per heavy atom. The second kappa shape index (κ2) is 20.0. The highest BCUT2D eigenvalue weighted by Crippen LogP contribution is 2.32. The average molecular weight is 666 g/mol. The topological polar surface area (TPSA) is 128 Å². The van der Waals surface area contributed by atoms with Crippen LogP contribution in [0.4, 0.5) is 4.79 Å². The van der Waals surface area contributed by atoms with E-state index >= 15 is 0 Å². The average Bonchev–Trinajstić information content (AvgIpc) is 2.97. The zero-order valence-corrected chi connectivity index (χ0v) is 30.6. The SMILES string of the molecule is COCCCOc1cc(CC(CC(NC(=O)OC(C)(C)C)C(O)CC(C)C(=O)NCCN2C[C@H](C)O[C@@H](C)C2)C(C)C)ccc1OC. The van der Waals surface area contributed by atoms with E-state index in [0.717, 1.165) is 31.6 Å². The van der Waals surface area contributed by atoms with Crippen LogP contribution in [-0.2, 0) is 25.4 Å². The first-order valence-electron chi connectivity index (χ1n) is 17.2. The quantitative estimate of drug-likeness (QED) is 0.178. The van der Waals surface area contributed by atoms with Gasteiger partial charge in [0, 0.05) is 52.2 Å².